The molecule has 1 aromatic heterocycles. The van der Waals surface area contributed by atoms with Gasteiger partial charge in [-0.05, 0) is 40.1 Å². The van der Waals surface area contributed by atoms with Crippen molar-refractivity contribution in [2.24, 2.45) is 0 Å². The average Bonchev–Trinajstić information content (AvgIpc) is 2.37. The lowest BCUT2D eigenvalue weighted by Gasteiger charge is -2.11. The molecule has 0 aliphatic carbocycles. The topological polar surface area (TPSA) is 57.3 Å². The van der Waals surface area contributed by atoms with E-state index in [0.29, 0.717) is 13.1 Å². The van der Waals surface area contributed by atoms with Crippen molar-refractivity contribution in [2.75, 3.05) is 39.0 Å². The Hall–Kier alpha value is -1.69. The van der Waals surface area contributed by atoms with Crippen LogP contribution in [0.25, 0.3) is 0 Å². The molecular weight excluding hydrogens is 247 g/mol. The predicted molar refractivity (Wildman–Crippen MR) is 73.9 cm³/mol. The van der Waals surface area contributed by atoms with Crippen LogP contribution in [0.3, 0.4) is 0 Å². The van der Waals surface area contributed by atoms with Crippen molar-refractivity contribution >= 4 is 11.7 Å². The van der Waals surface area contributed by atoms with Gasteiger partial charge in [-0.25, -0.2) is 9.37 Å². The molecule has 1 rings (SSSR count). The van der Waals surface area contributed by atoms with E-state index in [4.69, 9.17) is 0 Å². The molecule has 5 nitrogen and oxygen atoms in total. The minimum absolute atomic E-state index is 0.0239. The molecule has 0 bridgehead atoms. The number of carbonyl (C=O) groups excluding carboxylic acids is 1. The highest BCUT2D eigenvalue weighted by molar-refractivity contribution is 5.95. The summed E-state index contributed by atoms with van der Waals surface area (Å²) in [5.74, 6) is -0.893. The molecule has 0 aromatic carbocycles. The first-order chi connectivity index (χ1) is 9.06. The molecule has 0 atom stereocenters. The lowest BCUT2D eigenvalue weighted by atomic mass is 10.2. The van der Waals surface area contributed by atoms with E-state index in [1.807, 2.05) is 25.9 Å². The highest BCUT2D eigenvalue weighted by Crippen LogP contribution is 2.14. The number of aromatic nitrogens is 1. The Kier molecular flexibility index (Phi) is 6.21. The summed E-state index contributed by atoms with van der Waals surface area (Å²) in [6.45, 7) is 3.80. The van der Waals surface area contributed by atoms with Crippen LogP contribution in [-0.2, 0) is 0 Å². The van der Waals surface area contributed by atoms with Crippen LogP contribution < -0.4 is 10.6 Å². The average molecular weight is 268 g/mol. The third-order valence-corrected chi connectivity index (χ3v) is 2.55. The van der Waals surface area contributed by atoms with E-state index in [1.165, 1.54) is 12.3 Å². The molecule has 0 saturated heterocycles. The van der Waals surface area contributed by atoms with Crippen molar-refractivity contribution in [3.63, 3.8) is 0 Å². The van der Waals surface area contributed by atoms with Gasteiger partial charge < -0.3 is 15.5 Å². The van der Waals surface area contributed by atoms with Crippen LogP contribution in [-0.4, -0.2) is 49.5 Å². The molecular formula is C13H21FN4O. The number of anilines is 1. The summed E-state index contributed by atoms with van der Waals surface area (Å²) in [4.78, 5) is 17.7. The van der Waals surface area contributed by atoms with Gasteiger partial charge in [0.15, 0.2) is 11.6 Å². The maximum atomic E-state index is 14.0. The number of nitrogens with one attached hydrogen (secondary N) is 2. The molecule has 0 radical (unpaired) electrons. The SMILES string of the molecule is CCNc1nccc(C(=O)NCCCN(C)C)c1F. The van der Waals surface area contributed by atoms with Gasteiger partial charge in [-0.3, -0.25) is 4.79 Å². The zero-order valence-corrected chi connectivity index (χ0v) is 11.7. The number of halogens is 1. The number of pyridine rings is 1. The van der Waals surface area contributed by atoms with Gasteiger partial charge in [0.2, 0.25) is 0 Å². The summed E-state index contributed by atoms with van der Waals surface area (Å²) in [6.07, 6.45) is 2.25. The summed E-state index contributed by atoms with van der Waals surface area (Å²) in [7, 11) is 3.93. The summed E-state index contributed by atoms with van der Waals surface area (Å²) >= 11 is 0. The fourth-order valence-corrected chi connectivity index (χ4v) is 1.60. The summed E-state index contributed by atoms with van der Waals surface area (Å²) in [5.41, 5.74) is 0.0239. The lowest BCUT2D eigenvalue weighted by Crippen LogP contribution is -2.28. The van der Waals surface area contributed by atoms with Crippen LogP contribution in [0.1, 0.15) is 23.7 Å². The second-order valence-electron chi connectivity index (χ2n) is 4.46. The molecule has 0 fully saturated rings. The maximum Gasteiger partial charge on any atom is 0.254 e. The summed E-state index contributed by atoms with van der Waals surface area (Å²) < 4.78 is 14.0. The Morgan fingerprint density at radius 1 is 1.47 bits per heavy atom. The molecule has 2 N–H and O–H groups in total. The minimum Gasteiger partial charge on any atom is -0.368 e. The first kappa shape index (κ1) is 15.4. The van der Waals surface area contributed by atoms with Crippen molar-refractivity contribution in [2.45, 2.75) is 13.3 Å². The molecule has 0 aliphatic heterocycles. The second-order valence-corrected chi connectivity index (χ2v) is 4.46. The Bertz CT molecular complexity index is 423. The highest BCUT2D eigenvalue weighted by atomic mass is 19.1. The van der Waals surface area contributed by atoms with Gasteiger partial charge in [0, 0.05) is 19.3 Å². The molecule has 0 aliphatic rings. The zero-order valence-electron chi connectivity index (χ0n) is 11.7. The monoisotopic (exact) mass is 268 g/mol. The number of hydrogen-bond donors (Lipinski definition) is 2. The third kappa shape index (κ3) is 4.82. The molecule has 106 valence electrons. The number of carbonyl (C=O) groups is 1. The van der Waals surface area contributed by atoms with E-state index in [-0.39, 0.29) is 11.4 Å². The normalized spacial score (nSPS) is 10.6. The molecule has 1 heterocycles. The zero-order chi connectivity index (χ0) is 14.3. The Morgan fingerprint density at radius 3 is 2.84 bits per heavy atom. The number of nitrogens with zero attached hydrogens (tertiary/aromatic N) is 2. The molecule has 1 aromatic rings. The van der Waals surface area contributed by atoms with Crippen molar-refractivity contribution in [1.29, 1.82) is 0 Å². The van der Waals surface area contributed by atoms with E-state index in [2.05, 4.69) is 15.6 Å². The van der Waals surface area contributed by atoms with Crippen molar-refractivity contribution in [1.82, 2.24) is 15.2 Å². The van der Waals surface area contributed by atoms with Crippen LogP contribution >= 0.6 is 0 Å². The number of rotatable bonds is 7. The fraction of sp³-hybridized carbons (Fsp3) is 0.538. The smallest absolute Gasteiger partial charge is 0.254 e. The van der Waals surface area contributed by atoms with E-state index in [1.54, 1.807) is 0 Å². The van der Waals surface area contributed by atoms with E-state index >= 15 is 0 Å². The fourth-order valence-electron chi connectivity index (χ4n) is 1.60. The largest absolute Gasteiger partial charge is 0.368 e. The first-order valence-corrected chi connectivity index (χ1v) is 6.37. The lowest BCUT2D eigenvalue weighted by molar-refractivity contribution is 0.0948. The Morgan fingerprint density at radius 2 is 2.21 bits per heavy atom. The summed E-state index contributed by atoms with van der Waals surface area (Å²) in [6, 6.07) is 1.39. The molecule has 6 heteroatoms. The van der Waals surface area contributed by atoms with Gasteiger partial charge in [-0.15, -0.1) is 0 Å². The van der Waals surface area contributed by atoms with Gasteiger partial charge in [-0.2, -0.15) is 0 Å². The summed E-state index contributed by atoms with van der Waals surface area (Å²) in [5, 5.41) is 5.48. The number of amides is 1. The van der Waals surface area contributed by atoms with Gasteiger partial charge >= 0.3 is 0 Å². The maximum absolute atomic E-state index is 14.0. The number of hydrogen-bond acceptors (Lipinski definition) is 4. The van der Waals surface area contributed by atoms with E-state index < -0.39 is 11.7 Å². The molecule has 19 heavy (non-hydrogen) atoms. The van der Waals surface area contributed by atoms with Crippen molar-refractivity contribution in [3.8, 4) is 0 Å². The van der Waals surface area contributed by atoms with Gasteiger partial charge in [0.25, 0.3) is 5.91 Å². The van der Waals surface area contributed by atoms with Crippen molar-refractivity contribution in [3.05, 3.63) is 23.6 Å². The quantitative estimate of drug-likeness (QED) is 0.733. The molecule has 0 unspecified atom stereocenters. The second kappa shape index (κ2) is 7.68. The van der Waals surface area contributed by atoms with Gasteiger partial charge in [0.05, 0.1) is 5.56 Å². The van der Waals surface area contributed by atoms with Crippen LogP contribution in [0.2, 0.25) is 0 Å². The Labute approximate surface area is 113 Å². The molecule has 0 spiro atoms. The van der Waals surface area contributed by atoms with E-state index in [9.17, 15) is 9.18 Å². The van der Waals surface area contributed by atoms with Crippen LogP contribution in [0.5, 0.6) is 0 Å². The van der Waals surface area contributed by atoms with Crippen LogP contribution in [0.4, 0.5) is 10.2 Å². The highest BCUT2D eigenvalue weighted by Gasteiger charge is 2.15. The van der Waals surface area contributed by atoms with Gasteiger partial charge in [-0.1, -0.05) is 0 Å². The van der Waals surface area contributed by atoms with Crippen molar-refractivity contribution < 1.29 is 9.18 Å². The predicted octanol–water partition coefficient (Wildman–Crippen LogP) is 1.33. The minimum atomic E-state index is -0.602. The van der Waals surface area contributed by atoms with E-state index in [0.717, 1.165) is 13.0 Å². The van der Waals surface area contributed by atoms with Gasteiger partial charge in [0.1, 0.15) is 0 Å². The molecule has 1 amide bonds. The van der Waals surface area contributed by atoms with Crippen LogP contribution in [0.15, 0.2) is 12.3 Å². The molecule has 0 saturated carbocycles. The first-order valence-electron chi connectivity index (χ1n) is 6.37. The van der Waals surface area contributed by atoms with Crippen LogP contribution in [0, 0.1) is 5.82 Å². The standard InChI is InChI=1S/C13H21FN4O/c1-4-15-12-11(14)10(6-8-16-12)13(19)17-7-5-9-18(2)3/h6,8H,4-5,7,9H2,1-3H3,(H,15,16)(H,17,19). The Balaban J connectivity index is 2.59. The third-order valence-electron chi connectivity index (χ3n) is 2.55.